The lowest BCUT2D eigenvalue weighted by atomic mass is 10.2. The smallest absolute Gasteiger partial charge is 0.344 e. The van der Waals surface area contributed by atoms with E-state index >= 15 is 0 Å². The summed E-state index contributed by atoms with van der Waals surface area (Å²) < 4.78 is 11.1. The second-order valence-corrected chi connectivity index (χ2v) is 5.68. The maximum absolute atomic E-state index is 11.2. The van der Waals surface area contributed by atoms with Gasteiger partial charge in [0.1, 0.15) is 0 Å². The van der Waals surface area contributed by atoms with Crippen molar-refractivity contribution in [3.8, 4) is 0 Å². The lowest BCUT2D eigenvalue weighted by Crippen LogP contribution is -2.37. The van der Waals surface area contributed by atoms with Crippen molar-refractivity contribution in [2.24, 2.45) is 0 Å². The van der Waals surface area contributed by atoms with Crippen LogP contribution in [0.3, 0.4) is 0 Å². The van der Waals surface area contributed by atoms with Gasteiger partial charge < -0.3 is 4.74 Å². The van der Waals surface area contributed by atoms with Gasteiger partial charge in [-0.1, -0.05) is 30.0 Å². The lowest BCUT2D eigenvalue weighted by molar-refractivity contribution is -0.597. The van der Waals surface area contributed by atoms with Gasteiger partial charge in [0.15, 0.2) is 0 Å². The minimum Gasteiger partial charge on any atom is -0.344 e. The summed E-state index contributed by atoms with van der Waals surface area (Å²) in [6.07, 6.45) is 1.53. The predicted molar refractivity (Wildman–Crippen MR) is 73.3 cm³/mol. The quantitative estimate of drug-likeness (QED) is 0.472. The number of thioether (sulfide) groups is 1. The Morgan fingerprint density at radius 1 is 1.37 bits per heavy atom. The first kappa shape index (κ1) is 14.3. The molecule has 5 nitrogen and oxygen atoms in total. The summed E-state index contributed by atoms with van der Waals surface area (Å²) in [7, 11) is 1.54. The third-order valence-corrected chi connectivity index (χ3v) is 4.48. The van der Waals surface area contributed by atoms with Crippen LogP contribution in [-0.2, 0) is 9.47 Å². The van der Waals surface area contributed by atoms with Gasteiger partial charge in [0.2, 0.25) is 5.12 Å². The fourth-order valence-electron chi connectivity index (χ4n) is 2.07. The minimum absolute atomic E-state index is 0.411. The predicted octanol–water partition coefficient (Wildman–Crippen LogP) is 3.20. The summed E-state index contributed by atoms with van der Waals surface area (Å²) >= 11 is 1.50. The second kappa shape index (κ2) is 6.36. The Morgan fingerprint density at radius 2 is 2.11 bits per heavy atom. The first-order chi connectivity index (χ1) is 9.17. The van der Waals surface area contributed by atoms with Gasteiger partial charge in [0, 0.05) is 13.5 Å². The van der Waals surface area contributed by atoms with Crippen molar-refractivity contribution < 1.29 is 14.4 Å². The number of methoxy groups -OCH3 is 1. The standard InChI is InChI=1S/C13H17NO4S/c1-17-13(9-5-6-10-19-13)18-12(14(15)16)11-7-3-2-4-8-11/h2-4,7-8,12H,5-6,9-10H2,1H3. The van der Waals surface area contributed by atoms with Gasteiger partial charge in [-0.2, -0.15) is 0 Å². The van der Waals surface area contributed by atoms with Crippen molar-refractivity contribution in [3.05, 3.63) is 46.0 Å². The molecule has 1 aliphatic rings. The van der Waals surface area contributed by atoms with Crippen molar-refractivity contribution in [1.29, 1.82) is 0 Å². The molecule has 1 aliphatic heterocycles. The topological polar surface area (TPSA) is 61.6 Å². The molecule has 1 fully saturated rings. The van der Waals surface area contributed by atoms with E-state index in [9.17, 15) is 10.1 Å². The molecule has 1 heterocycles. The number of hydrogen-bond acceptors (Lipinski definition) is 5. The number of rotatable bonds is 5. The molecule has 0 aromatic heterocycles. The van der Waals surface area contributed by atoms with Crippen LogP contribution in [0.1, 0.15) is 31.1 Å². The van der Waals surface area contributed by atoms with E-state index in [1.165, 1.54) is 11.8 Å². The number of benzene rings is 1. The SMILES string of the molecule is COC1(OC(c2ccccc2)[N+](=O)[O-])CCCCS1. The van der Waals surface area contributed by atoms with Crippen LogP contribution in [0, 0.1) is 10.1 Å². The number of nitro groups is 1. The lowest BCUT2D eigenvalue weighted by Gasteiger charge is -2.35. The van der Waals surface area contributed by atoms with Gasteiger partial charge in [-0.05, 0) is 30.7 Å². The Kier molecular flexibility index (Phi) is 4.79. The number of hydrogen-bond donors (Lipinski definition) is 0. The van der Waals surface area contributed by atoms with E-state index in [1.807, 2.05) is 6.07 Å². The van der Waals surface area contributed by atoms with Gasteiger partial charge in [0.05, 0.1) is 10.5 Å². The van der Waals surface area contributed by atoms with Crippen LogP contribution >= 0.6 is 11.8 Å². The van der Waals surface area contributed by atoms with Gasteiger partial charge >= 0.3 is 6.23 Å². The summed E-state index contributed by atoms with van der Waals surface area (Å²) in [5, 5.41) is 10.4. The van der Waals surface area contributed by atoms with Crippen LogP contribution in [-0.4, -0.2) is 22.9 Å². The molecule has 19 heavy (non-hydrogen) atoms. The molecular formula is C13H17NO4S. The molecule has 1 aromatic rings. The minimum atomic E-state index is -1.19. The van der Waals surface area contributed by atoms with E-state index in [0.717, 1.165) is 18.6 Å². The zero-order valence-corrected chi connectivity index (χ0v) is 11.6. The molecule has 1 saturated heterocycles. The second-order valence-electron chi connectivity index (χ2n) is 4.36. The molecule has 104 valence electrons. The molecule has 0 aliphatic carbocycles. The summed E-state index contributed by atoms with van der Waals surface area (Å²) in [5.74, 6) is 0.896. The van der Waals surface area contributed by atoms with E-state index in [1.54, 1.807) is 31.4 Å². The zero-order chi connectivity index (χ0) is 13.7. The fourth-order valence-corrected chi connectivity index (χ4v) is 3.29. The Balaban J connectivity index is 2.18. The van der Waals surface area contributed by atoms with Crippen molar-refractivity contribution in [2.45, 2.75) is 30.6 Å². The first-order valence-electron chi connectivity index (χ1n) is 6.22. The fraction of sp³-hybridized carbons (Fsp3) is 0.538. The van der Waals surface area contributed by atoms with E-state index < -0.39 is 16.3 Å². The molecule has 2 atom stereocenters. The van der Waals surface area contributed by atoms with Crippen LogP contribution in [0.4, 0.5) is 0 Å². The highest BCUT2D eigenvalue weighted by Gasteiger charge is 2.41. The van der Waals surface area contributed by atoms with E-state index in [4.69, 9.17) is 9.47 Å². The Labute approximate surface area is 116 Å². The Hall–Kier alpha value is -1.11. The van der Waals surface area contributed by atoms with E-state index in [-0.39, 0.29) is 0 Å². The molecule has 0 N–H and O–H groups in total. The van der Waals surface area contributed by atoms with Gasteiger partial charge in [-0.15, -0.1) is 0 Å². The summed E-state index contributed by atoms with van der Waals surface area (Å²) in [4.78, 5) is 10.8. The highest BCUT2D eigenvalue weighted by Crippen LogP contribution is 2.41. The molecule has 2 rings (SSSR count). The molecule has 6 heteroatoms. The normalized spacial score (nSPS) is 24.9. The van der Waals surface area contributed by atoms with Crippen LogP contribution in [0.25, 0.3) is 0 Å². The number of nitrogens with zero attached hydrogens (tertiary/aromatic N) is 1. The van der Waals surface area contributed by atoms with Crippen LogP contribution in [0.5, 0.6) is 0 Å². The molecule has 0 amide bonds. The van der Waals surface area contributed by atoms with Crippen molar-refractivity contribution in [2.75, 3.05) is 12.9 Å². The molecule has 0 spiro atoms. The third kappa shape index (κ3) is 3.46. The van der Waals surface area contributed by atoms with Gasteiger partial charge in [0.25, 0.3) is 0 Å². The van der Waals surface area contributed by atoms with E-state index in [2.05, 4.69) is 0 Å². The van der Waals surface area contributed by atoms with Crippen LogP contribution in [0.15, 0.2) is 30.3 Å². The maximum Gasteiger partial charge on any atom is 0.345 e. The van der Waals surface area contributed by atoms with Crippen LogP contribution in [0.2, 0.25) is 0 Å². The largest absolute Gasteiger partial charge is 0.345 e. The molecule has 0 radical (unpaired) electrons. The Bertz CT molecular complexity index is 420. The third-order valence-electron chi connectivity index (χ3n) is 3.08. The van der Waals surface area contributed by atoms with Crippen molar-refractivity contribution in [1.82, 2.24) is 0 Å². The van der Waals surface area contributed by atoms with Gasteiger partial charge in [-0.25, -0.2) is 0 Å². The van der Waals surface area contributed by atoms with Crippen LogP contribution < -0.4 is 0 Å². The van der Waals surface area contributed by atoms with Gasteiger partial charge in [-0.3, -0.25) is 14.9 Å². The molecular weight excluding hydrogens is 266 g/mol. The highest BCUT2D eigenvalue weighted by atomic mass is 32.2. The molecule has 0 saturated carbocycles. The molecule has 2 unspecified atom stereocenters. The number of ether oxygens (including phenoxy) is 2. The Morgan fingerprint density at radius 3 is 2.63 bits per heavy atom. The first-order valence-corrected chi connectivity index (χ1v) is 7.21. The maximum atomic E-state index is 11.2. The zero-order valence-electron chi connectivity index (χ0n) is 10.8. The average Bonchev–Trinajstić information content (AvgIpc) is 2.46. The molecule has 0 bridgehead atoms. The monoisotopic (exact) mass is 283 g/mol. The van der Waals surface area contributed by atoms with Crippen molar-refractivity contribution >= 4 is 11.8 Å². The molecule has 1 aromatic carbocycles. The summed E-state index contributed by atoms with van der Waals surface area (Å²) in [6, 6.07) is 8.75. The average molecular weight is 283 g/mol. The summed E-state index contributed by atoms with van der Waals surface area (Å²) in [5.41, 5.74) is 0.537. The van der Waals surface area contributed by atoms with E-state index in [0.29, 0.717) is 12.0 Å². The summed E-state index contributed by atoms with van der Waals surface area (Å²) in [6.45, 7) is 0. The highest BCUT2D eigenvalue weighted by molar-refractivity contribution is 8.00. The van der Waals surface area contributed by atoms with Crippen molar-refractivity contribution in [3.63, 3.8) is 0 Å².